The zero-order valence-corrected chi connectivity index (χ0v) is 8.69. The number of aliphatic hydroxyl groups is 1. The molecule has 2 atom stereocenters. The quantitative estimate of drug-likeness (QED) is 0.838. The van der Waals surface area contributed by atoms with Crippen molar-refractivity contribution in [1.82, 2.24) is 0 Å². The van der Waals surface area contributed by atoms with Crippen LogP contribution in [0.4, 0.5) is 17.6 Å². The SMILES string of the molecule is O=S(CC(O)C(F)(F)F)c1ccc(F)cc1. The maximum absolute atomic E-state index is 12.5. The molecule has 0 heterocycles. The fourth-order valence-electron chi connectivity index (χ4n) is 0.920. The molecule has 2 unspecified atom stereocenters. The predicted octanol–water partition coefficient (Wildman–Crippen LogP) is 1.86. The van der Waals surface area contributed by atoms with Crippen molar-refractivity contribution in [3.8, 4) is 0 Å². The van der Waals surface area contributed by atoms with Crippen LogP contribution in [0.15, 0.2) is 29.2 Å². The molecule has 7 heteroatoms. The minimum Gasteiger partial charge on any atom is -0.383 e. The van der Waals surface area contributed by atoms with Crippen molar-refractivity contribution in [3.63, 3.8) is 0 Å². The first kappa shape index (κ1) is 13.1. The molecule has 0 saturated carbocycles. The summed E-state index contributed by atoms with van der Waals surface area (Å²) in [5.41, 5.74) is 0. The first-order chi connectivity index (χ1) is 7.30. The Hall–Kier alpha value is -0.950. The van der Waals surface area contributed by atoms with Crippen LogP contribution >= 0.6 is 0 Å². The summed E-state index contributed by atoms with van der Waals surface area (Å²) in [5, 5.41) is 8.68. The normalized spacial score (nSPS) is 15.8. The van der Waals surface area contributed by atoms with E-state index in [0.717, 1.165) is 24.3 Å². The molecule has 0 aliphatic heterocycles. The van der Waals surface area contributed by atoms with Crippen LogP contribution in [-0.2, 0) is 10.8 Å². The summed E-state index contributed by atoms with van der Waals surface area (Å²) >= 11 is 0. The van der Waals surface area contributed by atoms with Crippen molar-refractivity contribution in [1.29, 1.82) is 0 Å². The topological polar surface area (TPSA) is 37.3 Å². The fourth-order valence-corrected chi connectivity index (χ4v) is 2.03. The third-order valence-corrected chi connectivity index (χ3v) is 3.18. The van der Waals surface area contributed by atoms with Crippen molar-refractivity contribution >= 4 is 10.8 Å². The standard InChI is InChI=1S/C9H8F4O2S/c10-6-1-3-7(4-2-6)16(15)5-8(14)9(11,12)13/h1-4,8,14H,5H2. The number of halogens is 4. The monoisotopic (exact) mass is 256 g/mol. The molecule has 1 aromatic carbocycles. The Morgan fingerprint density at radius 2 is 1.75 bits per heavy atom. The van der Waals surface area contributed by atoms with E-state index in [9.17, 15) is 21.8 Å². The second-order valence-corrected chi connectivity index (χ2v) is 4.52. The molecule has 0 spiro atoms. The lowest BCUT2D eigenvalue weighted by Gasteiger charge is -2.13. The lowest BCUT2D eigenvalue weighted by Crippen LogP contribution is -2.33. The van der Waals surface area contributed by atoms with Crippen LogP contribution in [0.3, 0.4) is 0 Å². The van der Waals surface area contributed by atoms with E-state index in [1.165, 1.54) is 0 Å². The highest BCUT2D eigenvalue weighted by Gasteiger charge is 2.39. The third-order valence-electron chi connectivity index (χ3n) is 1.76. The van der Waals surface area contributed by atoms with Gasteiger partial charge in [0.1, 0.15) is 5.82 Å². The van der Waals surface area contributed by atoms with E-state index in [1.54, 1.807) is 0 Å². The highest BCUT2D eigenvalue weighted by molar-refractivity contribution is 7.85. The molecular formula is C9H8F4O2S. The molecule has 16 heavy (non-hydrogen) atoms. The van der Waals surface area contributed by atoms with Crippen LogP contribution in [0.1, 0.15) is 0 Å². The number of aliphatic hydroxyl groups excluding tert-OH is 1. The van der Waals surface area contributed by atoms with E-state index in [2.05, 4.69) is 0 Å². The molecule has 0 aromatic heterocycles. The van der Waals surface area contributed by atoms with Gasteiger partial charge in [-0.3, -0.25) is 4.21 Å². The third kappa shape index (κ3) is 3.57. The van der Waals surface area contributed by atoms with Crippen molar-refractivity contribution in [2.45, 2.75) is 17.2 Å². The number of benzene rings is 1. The highest BCUT2D eigenvalue weighted by Crippen LogP contribution is 2.22. The molecule has 0 aliphatic carbocycles. The van der Waals surface area contributed by atoms with Gasteiger partial charge in [-0.1, -0.05) is 0 Å². The van der Waals surface area contributed by atoms with E-state index in [4.69, 9.17) is 5.11 Å². The number of hydrogen-bond acceptors (Lipinski definition) is 2. The van der Waals surface area contributed by atoms with E-state index in [1.807, 2.05) is 0 Å². The average molecular weight is 256 g/mol. The molecule has 0 bridgehead atoms. The van der Waals surface area contributed by atoms with E-state index >= 15 is 0 Å². The van der Waals surface area contributed by atoms with Gasteiger partial charge in [0.15, 0.2) is 6.10 Å². The Morgan fingerprint density at radius 3 is 2.19 bits per heavy atom. The molecule has 1 aromatic rings. The number of alkyl halides is 3. The molecule has 0 radical (unpaired) electrons. The maximum atomic E-state index is 12.5. The second kappa shape index (κ2) is 4.92. The van der Waals surface area contributed by atoms with Crippen LogP contribution < -0.4 is 0 Å². The van der Waals surface area contributed by atoms with Gasteiger partial charge in [-0.2, -0.15) is 13.2 Å². The van der Waals surface area contributed by atoms with Gasteiger partial charge in [0.25, 0.3) is 0 Å². The summed E-state index contributed by atoms with van der Waals surface area (Å²) in [6.45, 7) is 0. The Balaban J connectivity index is 2.70. The molecule has 2 nitrogen and oxygen atoms in total. The molecule has 0 amide bonds. The predicted molar refractivity (Wildman–Crippen MR) is 49.7 cm³/mol. The van der Waals surface area contributed by atoms with Gasteiger partial charge in [-0.05, 0) is 24.3 Å². The van der Waals surface area contributed by atoms with Crippen molar-refractivity contribution in [2.75, 3.05) is 5.75 Å². The van der Waals surface area contributed by atoms with E-state index in [-0.39, 0.29) is 4.90 Å². The zero-order chi connectivity index (χ0) is 12.3. The van der Waals surface area contributed by atoms with Gasteiger partial charge in [0.05, 0.1) is 16.6 Å². The van der Waals surface area contributed by atoms with Crippen LogP contribution in [0.2, 0.25) is 0 Å². The lowest BCUT2D eigenvalue weighted by atomic mass is 10.3. The summed E-state index contributed by atoms with van der Waals surface area (Å²) in [5.74, 6) is -1.52. The second-order valence-electron chi connectivity index (χ2n) is 3.02. The molecule has 1 N–H and O–H groups in total. The van der Waals surface area contributed by atoms with Gasteiger partial charge < -0.3 is 5.11 Å². The summed E-state index contributed by atoms with van der Waals surface area (Å²) in [6.07, 6.45) is -7.44. The number of hydrogen-bond donors (Lipinski definition) is 1. The zero-order valence-electron chi connectivity index (χ0n) is 7.87. The van der Waals surface area contributed by atoms with Gasteiger partial charge in [0.2, 0.25) is 0 Å². The Labute approximate surface area is 91.4 Å². The van der Waals surface area contributed by atoms with Crippen molar-refractivity contribution < 1.29 is 26.9 Å². The van der Waals surface area contributed by atoms with Crippen LogP contribution in [-0.4, -0.2) is 27.3 Å². The first-order valence-corrected chi connectivity index (χ1v) is 5.51. The summed E-state index contributed by atoms with van der Waals surface area (Å²) in [6, 6.07) is 4.23. The first-order valence-electron chi connectivity index (χ1n) is 4.19. The van der Waals surface area contributed by atoms with Gasteiger partial charge >= 0.3 is 6.18 Å². The van der Waals surface area contributed by atoms with Crippen molar-refractivity contribution in [3.05, 3.63) is 30.1 Å². The van der Waals surface area contributed by atoms with Crippen molar-refractivity contribution in [2.24, 2.45) is 0 Å². The van der Waals surface area contributed by atoms with Crippen LogP contribution in [0.25, 0.3) is 0 Å². The summed E-state index contributed by atoms with van der Waals surface area (Å²) in [4.78, 5) is 0.0460. The molecule has 90 valence electrons. The van der Waals surface area contributed by atoms with Crippen LogP contribution in [0.5, 0.6) is 0 Å². The Kier molecular flexibility index (Phi) is 4.03. The van der Waals surface area contributed by atoms with Crippen LogP contribution in [0, 0.1) is 5.82 Å². The van der Waals surface area contributed by atoms with E-state index < -0.39 is 34.6 Å². The molecule has 0 saturated heterocycles. The fraction of sp³-hybridized carbons (Fsp3) is 0.333. The molecule has 0 aliphatic rings. The Bertz CT molecular complexity index is 374. The summed E-state index contributed by atoms with van der Waals surface area (Å²) < 4.78 is 59.6. The average Bonchev–Trinajstić information content (AvgIpc) is 2.17. The molecule has 0 fully saturated rings. The smallest absolute Gasteiger partial charge is 0.383 e. The van der Waals surface area contributed by atoms with Gasteiger partial charge in [-0.25, -0.2) is 4.39 Å². The summed E-state index contributed by atoms with van der Waals surface area (Å²) in [7, 11) is -2.00. The van der Waals surface area contributed by atoms with Gasteiger partial charge in [0, 0.05) is 4.90 Å². The van der Waals surface area contributed by atoms with E-state index in [0.29, 0.717) is 0 Å². The molecule has 1 rings (SSSR count). The number of rotatable bonds is 3. The maximum Gasteiger partial charge on any atom is 0.415 e. The lowest BCUT2D eigenvalue weighted by molar-refractivity contribution is -0.196. The minimum atomic E-state index is -4.80. The molecular weight excluding hydrogens is 248 g/mol. The van der Waals surface area contributed by atoms with Gasteiger partial charge in [-0.15, -0.1) is 0 Å². The Morgan fingerprint density at radius 1 is 1.25 bits per heavy atom. The largest absolute Gasteiger partial charge is 0.415 e. The minimum absolute atomic E-state index is 0.0460. The highest BCUT2D eigenvalue weighted by atomic mass is 32.2.